The van der Waals surface area contributed by atoms with E-state index in [4.69, 9.17) is 10.8 Å². The Kier molecular flexibility index (Phi) is 6.77. The molecule has 2 amide bonds. The lowest BCUT2D eigenvalue weighted by Crippen LogP contribution is -2.48. The second-order valence-electron chi connectivity index (χ2n) is 4.35. The summed E-state index contributed by atoms with van der Waals surface area (Å²) in [7, 11) is 0. The van der Waals surface area contributed by atoms with Gasteiger partial charge < -0.3 is 21.5 Å². The molecule has 0 aromatic rings. The lowest BCUT2D eigenvalue weighted by molar-refractivity contribution is -0.201. The summed E-state index contributed by atoms with van der Waals surface area (Å²) in [5.74, 6) is -1.54. The van der Waals surface area contributed by atoms with Crippen LogP contribution in [0.2, 0.25) is 0 Å². The van der Waals surface area contributed by atoms with Gasteiger partial charge in [-0.15, -0.1) is 0 Å². The van der Waals surface area contributed by atoms with E-state index >= 15 is 0 Å². The van der Waals surface area contributed by atoms with Gasteiger partial charge in [-0.1, -0.05) is 13.8 Å². The number of nitrogens with one attached hydrogen (secondary N) is 2. The van der Waals surface area contributed by atoms with Gasteiger partial charge in [-0.2, -0.15) is 13.2 Å². The van der Waals surface area contributed by atoms with Gasteiger partial charge in [0.2, 0.25) is 11.8 Å². The highest BCUT2D eigenvalue weighted by atomic mass is 19.4. The standard InChI is InChI=1S/C10H18F3N3O3/c1-5(2)8(14)9(19)16-4-7(18)15-3-6(17)10(11,12)13/h5-6,8,17H,3-4,14H2,1-2H3,(H,15,18)(H,16,19)/t6?,8-/m0/s1. The Bertz CT molecular complexity index is 321. The molecule has 0 spiro atoms. The summed E-state index contributed by atoms with van der Waals surface area (Å²) >= 11 is 0. The molecule has 0 rings (SSSR count). The number of aliphatic hydroxyl groups excluding tert-OH is 1. The number of halogens is 3. The van der Waals surface area contributed by atoms with Crippen LogP contribution in [0.4, 0.5) is 13.2 Å². The molecule has 112 valence electrons. The molecule has 0 aliphatic heterocycles. The van der Waals surface area contributed by atoms with E-state index < -0.39 is 43.2 Å². The van der Waals surface area contributed by atoms with Crippen LogP contribution >= 0.6 is 0 Å². The molecule has 0 bridgehead atoms. The van der Waals surface area contributed by atoms with E-state index in [1.807, 2.05) is 5.32 Å². The van der Waals surface area contributed by atoms with Crippen LogP contribution in [0.15, 0.2) is 0 Å². The van der Waals surface area contributed by atoms with Crippen molar-refractivity contribution in [2.75, 3.05) is 13.1 Å². The number of alkyl halides is 3. The number of rotatable bonds is 6. The highest BCUT2D eigenvalue weighted by Crippen LogP contribution is 2.18. The van der Waals surface area contributed by atoms with Gasteiger partial charge in [0.1, 0.15) is 0 Å². The second kappa shape index (κ2) is 7.29. The molecular formula is C10H18F3N3O3. The molecule has 0 saturated heterocycles. The SMILES string of the molecule is CC(C)[C@H](N)C(=O)NCC(=O)NCC(O)C(F)(F)F. The zero-order valence-electron chi connectivity index (χ0n) is 10.6. The van der Waals surface area contributed by atoms with Crippen molar-refractivity contribution in [3.63, 3.8) is 0 Å². The third-order valence-corrected chi connectivity index (χ3v) is 2.31. The predicted octanol–water partition coefficient (Wildman–Crippen LogP) is -0.875. The maximum atomic E-state index is 11.9. The highest BCUT2D eigenvalue weighted by Gasteiger charge is 2.38. The second-order valence-corrected chi connectivity index (χ2v) is 4.35. The molecule has 6 nitrogen and oxygen atoms in total. The first-order chi connectivity index (χ1) is 8.55. The van der Waals surface area contributed by atoms with Gasteiger partial charge in [0.25, 0.3) is 0 Å². The first-order valence-corrected chi connectivity index (χ1v) is 5.60. The quantitative estimate of drug-likeness (QED) is 0.509. The van der Waals surface area contributed by atoms with Crippen LogP contribution in [0.25, 0.3) is 0 Å². The Balaban J connectivity index is 3.98. The van der Waals surface area contributed by atoms with Crippen molar-refractivity contribution in [3.8, 4) is 0 Å². The summed E-state index contributed by atoms with van der Waals surface area (Å²) < 4.78 is 35.8. The van der Waals surface area contributed by atoms with Gasteiger partial charge in [0.15, 0.2) is 6.10 Å². The Morgan fingerprint density at radius 3 is 2.21 bits per heavy atom. The van der Waals surface area contributed by atoms with Crippen LogP contribution in [-0.4, -0.2) is 48.3 Å². The molecule has 0 fully saturated rings. The normalized spacial score (nSPS) is 14.9. The van der Waals surface area contributed by atoms with Gasteiger partial charge in [-0.05, 0) is 5.92 Å². The number of hydrogen-bond acceptors (Lipinski definition) is 4. The van der Waals surface area contributed by atoms with Crippen molar-refractivity contribution >= 4 is 11.8 Å². The van der Waals surface area contributed by atoms with E-state index in [2.05, 4.69) is 5.32 Å². The minimum absolute atomic E-state index is 0.130. The van der Waals surface area contributed by atoms with Crippen molar-refractivity contribution in [2.24, 2.45) is 11.7 Å². The molecule has 0 aromatic carbocycles. The Morgan fingerprint density at radius 1 is 1.26 bits per heavy atom. The van der Waals surface area contributed by atoms with Crippen molar-refractivity contribution in [2.45, 2.75) is 32.2 Å². The van der Waals surface area contributed by atoms with E-state index in [0.29, 0.717) is 0 Å². The van der Waals surface area contributed by atoms with Crippen molar-refractivity contribution in [1.82, 2.24) is 10.6 Å². The first kappa shape index (κ1) is 17.6. The van der Waals surface area contributed by atoms with E-state index in [-0.39, 0.29) is 5.92 Å². The summed E-state index contributed by atoms with van der Waals surface area (Å²) in [5, 5.41) is 12.7. The van der Waals surface area contributed by atoms with Crippen LogP contribution in [0.5, 0.6) is 0 Å². The van der Waals surface area contributed by atoms with Crippen LogP contribution in [-0.2, 0) is 9.59 Å². The van der Waals surface area contributed by atoms with E-state index in [1.54, 1.807) is 13.8 Å². The monoisotopic (exact) mass is 285 g/mol. The average molecular weight is 285 g/mol. The Hall–Kier alpha value is -1.35. The molecule has 0 aliphatic rings. The van der Waals surface area contributed by atoms with Gasteiger partial charge in [-0.25, -0.2) is 0 Å². The van der Waals surface area contributed by atoms with Crippen LogP contribution < -0.4 is 16.4 Å². The minimum Gasteiger partial charge on any atom is -0.382 e. The van der Waals surface area contributed by atoms with Crippen molar-refractivity contribution in [1.29, 1.82) is 0 Å². The molecule has 1 unspecified atom stereocenters. The van der Waals surface area contributed by atoms with Crippen LogP contribution in [0.3, 0.4) is 0 Å². The van der Waals surface area contributed by atoms with Gasteiger partial charge in [0, 0.05) is 0 Å². The van der Waals surface area contributed by atoms with Gasteiger partial charge in [-0.3, -0.25) is 9.59 Å². The molecule has 0 radical (unpaired) electrons. The minimum atomic E-state index is -4.80. The molecule has 0 heterocycles. The predicted molar refractivity (Wildman–Crippen MR) is 60.9 cm³/mol. The van der Waals surface area contributed by atoms with Crippen LogP contribution in [0, 0.1) is 5.92 Å². The first-order valence-electron chi connectivity index (χ1n) is 5.60. The van der Waals surface area contributed by atoms with Gasteiger partial charge in [0.05, 0.1) is 19.1 Å². The Morgan fingerprint density at radius 2 is 1.79 bits per heavy atom. The van der Waals surface area contributed by atoms with E-state index in [0.717, 1.165) is 0 Å². The molecule has 0 aliphatic carbocycles. The number of carbonyl (C=O) groups is 2. The average Bonchev–Trinajstić information content (AvgIpc) is 2.30. The van der Waals surface area contributed by atoms with Gasteiger partial charge >= 0.3 is 6.18 Å². The molecule has 0 saturated carbocycles. The third-order valence-electron chi connectivity index (χ3n) is 2.31. The molecule has 9 heteroatoms. The maximum Gasteiger partial charge on any atom is 0.416 e. The maximum absolute atomic E-state index is 11.9. The zero-order valence-corrected chi connectivity index (χ0v) is 10.6. The smallest absolute Gasteiger partial charge is 0.382 e. The fourth-order valence-corrected chi connectivity index (χ4v) is 0.977. The number of nitrogens with two attached hydrogens (primary N) is 1. The topological polar surface area (TPSA) is 104 Å². The molecule has 0 aromatic heterocycles. The number of hydrogen-bond donors (Lipinski definition) is 4. The Labute approximate surface area is 108 Å². The fraction of sp³-hybridized carbons (Fsp3) is 0.800. The van der Waals surface area contributed by atoms with Crippen LogP contribution in [0.1, 0.15) is 13.8 Å². The van der Waals surface area contributed by atoms with Crippen molar-refractivity contribution in [3.05, 3.63) is 0 Å². The number of aliphatic hydroxyl groups is 1. The summed E-state index contributed by atoms with van der Waals surface area (Å²) in [4.78, 5) is 22.5. The molecule has 2 atom stereocenters. The van der Waals surface area contributed by atoms with Crippen molar-refractivity contribution < 1.29 is 27.9 Å². The van der Waals surface area contributed by atoms with E-state index in [9.17, 15) is 22.8 Å². The number of amides is 2. The molecular weight excluding hydrogens is 267 g/mol. The summed E-state index contributed by atoms with van der Waals surface area (Å²) in [6, 6.07) is -0.798. The molecule has 19 heavy (non-hydrogen) atoms. The largest absolute Gasteiger partial charge is 0.416 e. The summed E-state index contributed by atoms with van der Waals surface area (Å²) in [6.45, 7) is 1.96. The highest BCUT2D eigenvalue weighted by molar-refractivity contribution is 5.87. The number of carbonyl (C=O) groups excluding carboxylic acids is 2. The van der Waals surface area contributed by atoms with E-state index in [1.165, 1.54) is 0 Å². The third kappa shape index (κ3) is 6.97. The fourth-order valence-electron chi connectivity index (χ4n) is 0.977. The molecule has 5 N–H and O–H groups in total. The lowest BCUT2D eigenvalue weighted by Gasteiger charge is -2.16. The summed E-state index contributed by atoms with van der Waals surface area (Å²) in [5.41, 5.74) is 5.49. The summed E-state index contributed by atoms with van der Waals surface area (Å²) in [6.07, 6.45) is -7.43. The lowest BCUT2D eigenvalue weighted by atomic mass is 10.1. The zero-order chi connectivity index (χ0) is 15.2.